The summed E-state index contributed by atoms with van der Waals surface area (Å²) < 4.78 is 30.7. The van der Waals surface area contributed by atoms with E-state index in [1.807, 2.05) is 20.8 Å². The number of aliphatic imine (C=N–C) groups is 1. The van der Waals surface area contributed by atoms with Crippen molar-refractivity contribution in [1.82, 2.24) is 20.3 Å². The zero-order valence-corrected chi connectivity index (χ0v) is 18.9. The molecule has 1 aliphatic heterocycles. The van der Waals surface area contributed by atoms with Crippen molar-refractivity contribution in [1.29, 1.82) is 0 Å². The summed E-state index contributed by atoms with van der Waals surface area (Å²) in [5.74, 6) is 0.711. The summed E-state index contributed by atoms with van der Waals surface area (Å²) in [6.07, 6.45) is 2.18. The van der Waals surface area contributed by atoms with Gasteiger partial charge >= 0.3 is 0 Å². The van der Waals surface area contributed by atoms with Crippen molar-refractivity contribution < 1.29 is 13.2 Å². The van der Waals surface area contributed by atoms with Gasteiger partial charge in [0.15, 0.2) is 5.96 Å². The van der Waals surface area contributed by atoms with Crippen LogP contribution in [-0.2, 0) is 14.8 Å². The van der Waals surface area contributed by atoms with Crippen LogP contribution in [0, 0.1) is 0 Å². The number of rotatable bonds is 9. The van der Waals surface area contributed by atoms with Gasteiger partial charge in [-0.3, -0.25) is 9.89 Å². The summed E-state index contributed by atoms with van der Waals surface area (Å²) in [5, 5.41) is 6.48. The largest absolute Gasteiger partial charge is 0.379 e. The van der Waals surface area contributed by atoms with Crippen LogP contribution in [0.5, 0.6) is 0 Å². The Hall–Kier alpha value is -0.170. The fourth-order valence-corrected chi connectivity index (χ4v) is 3.56. The molecular formula is C15H34IN5O3S. The van der Waals surface area contributed by atoms with Crippen molar-refractivity contribution in [2.24, 2.45) is 4.99 Å². The van der Waals surface area contributed by atoms with Gasteiger partial charge in [-0.25, -0.2) is 13.1 Å². The van der Waals surface area contributed by atoms with Crippen LogP contribution in [0.3, 0.4) is 0 Å². The number of hydrogen-bond acceptors (Lipinski definition) is 5. The first-order chi connectivity index (χ1) is 11.2. The molecule has 8 nitrogen and oxygen atoms in total. The second kappa shape index (κ2) is 12.3. The maximum atomic E-state index is 11.4. The molecular weight excluding hydrogens is 457 g/mol. The first-order valence-corrected chi connectivity index (χ1v) is 10.4. The van der Waals surface area contributed by atoms with Crippen molar-refractivity contribution in [3.05, 3.63) is 0 Å². The van der Waals surface area contributed by atoms with Gasteiger partial charge in [-0.1, -0.05) is 0 Å². The van der Waals surface area contributed by atoms with Gasteiger partial charge < -0.3 is 15.4 Å². The molecule has 1 aliphatic rings. The molecule has 0 unspecified atom stereocenters. The van der Waals surface area contributed by atoms with Crippen LogP contribution in [0.25, 0.3) is 0 Å². The molecule has 0 atom stereocenters. The highest BCUT2D eigenvalue weighted by atomic mass is 127. The fraction of sp³-hybridized carbons (Fsp3) is 0.933. The average molecular weight is 491 g/mol. The van der Waals surface area contributed by atoms with Crippen LogP contribution in [-0.4, -0.2) is 83.6 Å². The lowest BCUT2D eigenvalue weighted by Crippen LogP contribution is -2.47. The number of ether oxygens (including phenoxy) is 1. The van der Waals surface area contributed by atoms with E-state index in [9.17, 15) is 8.42 Å². The van der Waals surface area contributed by atoms with Crippen molar-refractivity contribution in [3.8, 4) is 0 Å². The summed E-state index contributed by atoms with van der Waals surface area (Å²) in [4.78, 5) is 6.88. The lowest BCUT2D eigenvalue weighted by Gasteiger charge is -2.26. The first-order valence-electron chi connectivity index (χ1n) is 8.53. The van der Waals surface area contributed by atoms with Crippen LogP contribution in [0.1, 0.15) is 27.2 Å². The van der Waals surface area contributed by atoms with E-state index in [4.69, 9.17) is 4.74 Å². The molecule has 0 aromatic heterocycles. The quantitative estimate of drug-likeness (QED) is 0.185. The number of morpholine rings is 1. The third-order valence-corrected chi connectivity index (χ3v) is 4.41. The highest BCUT2D eigenvalue weighted by Crippen LogP contribution is 2.04. The smallest absolute Gasteiger partial charge is 0.209 e. The monoisotopic (exact) mass is 491 g/mol. The Morgan fingerprint density at radius 2 is 1.88 bits per heavy atom. The molecule has 0 radical (unpaired) electrons. The predicted molar refractivity (Wildman–Crippen MR) is 113 cm³/mol. The Kier molecular flexibility index (Phi) is 12.2. The molecule has 10 heteroatoms. The van der Waals surface area contributed by atoms with Crippen LogP contribution < -0.4 is 15.4 Å². The van der Waals surface area contributed by atoms with Gasteiger partial charge in [0.05, 0.1) is 26.0 Å². The van der Waals surface area contributed by atoms with Gasteiger partial charge in [0.1, 0.15) is 0 Å². The van der Waals surface area contributed by atoms with E-state index >= 15 is 0 Å². The Labute approximate surface area is 169 Å². The van der Waals surface area contributed by atoms with E-state index in [2.05, 4.69) is 25.2 Å². The van der Waals surface area contributed by atoms with E-state index in [0.717, 1.165) is 58.6 Å². The second-order valence-electron chi connectivity index (χ2n) is 6.69. The van der Waals surface area contributed by atoms with Crippen LogP contribution in [0.15, 0.2) is 4.99 Å². The van der Waals surface area contributed by atoms with Gasteiger partial charge in [0.2, 0.25) is 10.0 Å². The summed E-state index contributed by atoms with van der Waals surface area (Å²) in [5.41, 5.74) is -0.621. The summed E-state index contributed by atoms with van der Waals surface area (Å²) in [6, 6.07) is 0. The molecule has 150 valence electrons. The molecule has 0 aromatic rings. The number of guanidine groups is 1. The second-order valence-corrected chi connectivity index (χ2v) is 8.44. The molecule has 1 fully saturated rings. The molecule has 1 rings (SSSR count). The SMILES string of the molecule is CCNC(=NCC(C)(C)NS(C)(=O)=O)NCCCN1CCOCC1.I. The Balaban J connectivity index is 0.00000576. The van der Waals surface area contributed by atoms with E-state index in [-0.39, 0.29) is 24.0 Å². The summed E-state index contributed by atoms with van der Waals surface area (Å²) in [7, 11) is -3.25. The van der Waals surface area contributed by atoms with Crippen molar-refractivity contribution in [2.45, 2.75) is 32.7 Å². The number of nitrogens with zero attached hydrogens (tertiary/aromatic N) is 2. The van der Waals surface area contributed by atoms with Gasteiger partial charge in [-0.05, 0) is 33.7 Å². The van der Waals surface area contributed by atoms with E-state index in [1.54, 1.807) is 0 Å². The normalized spacial score (nSPS) is 17.0. The van der Waals surface area contributed by atoms with Crippen LogP contribution >= 0.6 is 24.0 Å². The molecule has 25 heavy (non-hydrogen) atoms. The van der Waals surface area contributed by atoms with Gasteiger partial charge in [-0.2, -0.15) is 0 Å². The number of hydrogen-bond donors (Lipinski definition) is 3. The zero-order chi connectivity index (χ0) is 18.1. The van der Waals surface area contributed by atoms with E-state index in [1.165, 1.54) is 0 Å². The Morgan fingerprint density at radius 1 is 1.24 bits per heavy atom. The molecule has 0 amide bonds. The maximum absolute atomic E-state index is 11.4. The minimum absolute atomic E-state index is 0. The number of sulfonamides is 1. The molecule has 0 spiro atoms. The Bertz CT molecular complexity index is 493. The molecule has 0 aromatic carbocycles. The van der Waals surface area contributed by atoms with Crippen LogP contribution in [0.4, 0.5) is 0 Å². The maximum Gasteiger partial charge on any atom is 0.209 e. The third-order valence-electron chi connectivity index (χ3n) is 3.49. The lowest BCUT2D eigenvalue weighted by atomic mass is 10.1. The van der Waals surface area contributed by atoms with E-state index in [0.29, 0.717) is 12.5 Å². The van der Waals surface area contributed by atoms with Crippen molar-refractivity contribution in [2.75, 3.05) is 58.7 Å². The third kappa shape index (κ3) is 12.8. The molecule has 0 saturated carbocycles. The average Bonchev–Trinajstić information content (AvgIpc) is 2.48. The van der Waals surface area contributed by atoms with Crippen molar-refractivity contribution in [3.63, 3.8) is 0 Å². The summed E-state index contributed by atoms with van der Waals surface area (Å²) >= 11 is 0. The molecule has 1 heterocycles. The van der Waals surface area contributed by atoms with E-state index < -0.39 is 15.6 Å². The standard InChI is InChI=1S/C15H33N5O3S.HI/c1-5-16-14(18-13-15(2,3)19-24(4,21)22)17-7-6-8-20-9-11-23-12-10-20;/h19H,5-13H2,1-4H3,(H2,16,17,18);1H. The molecule has 0 bridgehead atoms. The highest BCUT2D eigenvalue weighted by molar-refractivity contribution is 14.0. The predicted octanol–water partition coefficient (Wildman–Crippen LogP) is 0.210. The number of halogens is 1. The zero-order valence-electron chi connectivity index (χ0n) is 15.8. The lowest BCUT2D eigenvalue weighted by molar-refractivity contribution is 0.0376. The molecule has 3 N–H and O–H groups in total. The Morgan fingerprint density at radius 3 is 2.44 bits per heavy atom. The molecule has 1 saturated heterocycles. The van der Waals surface area contributed by atoms with Crippen molar-refractivity contribution >= 4 is 40.0 Å². The topological polar surface area (TPSA) is 95.1 Å². The van der Waals surface area contributed by atoms with Gasteiger partial charge in [0.25, 0.3) is 0 Å². The van der Waals surface area contributed by atoms with Crippen LogP contribution in [0.2, 0.25) is 0 Å². The number of nitrogens with one attached hydrogen (secondary N) is 3. The van der Waals surface area contributed by atoms with Gasteiger partial charge in [0, 0.05) is 31.7 Å². The summed E-state index contributed by atoms with van der Waals surface area (Å²) in [6.45, 7) is 12.3. The first kappa shape index (κ1) is 24.8. The minimum Gasteiger partial charge on any atom is -0.379 e. The highest BCUT2D eigenvalue weighted by Gasteiger charge is 2.21. The molecule has 0 aliphatic carbocycles. The fourth-order valence-electron chi connectivity index (χ4n) is 2.49. The minimum atomic E-state index is -3.25. The van der Waals surface area contributed by atoms with Gasteiger partial charge in [-0.15, -0.1) is 24.0 Å².